The third-order valence-corrected chi connectivity index (χ3v) is 6.76. The molecule has 0 radical (unpaired) electrons. The van der Waals surface area contributed by atoms with Crippen LogP contribution in [0.2, 0.25) is 0 Å². The summed E-state index contributed by atoms with van der Waals surface area (Å²) in [6, 6.07) is 15.4. The number of ether oxygens (including phenoxy) is 1. The highest BCUT2D eigenvalue weighted by atomic mass is 16.5. The van der Waals surface area contributed by atoms with Crippen molar-refractivity contribution in [3.63, 3.8) is 0 Å². The number of carbonyl (C=O) groups excluding carboxylic acids is 1. The lowest BCUT2D eigenvalue weighted by Crippen LogP contribution is -2.49. The molecule has 1 amide bonds. The Morgan fingerprint density at radius 3 is 2.50 bits per heavy atom. The summed E-state index contributed by atoms with van der Waals surface area (Å²) in [5.74, 6) is 1.01. The minimum atomic E-state index is -0.519. The predicted molar refractivity (Wildman–Crippen MR) is 124 cm³/mol. The number of hydrogen-bond donors (Lipinski definition) is 1. The Morgan fingerprint density at radius 2 is 1.81 bits per heavy atom. The van der Waals surface area contributed by atoms with E-state index in [4.69, 9.17) is 9.84 Å². The molecule has 6 nitrogen and oxygen atoms in total. The summed E-state index contributed by atoms with van der Waals surface area (Å²) in [6.07, 6.45) is 2.97. The minimum absolute atomic E-state index is 0. The fraction of sp³-hybridized carbons (Fsp3) is 0.385. The van der Waals surface area contributed by atoms with Crippen LogP contribution in [0.4, 0.5) is 0 Å². The summed E-state index contributed by atoms with van der Waals surface area (Å²) < 4.78 is 8.43. The summed E-state index contributed by atoms with van der Waals surface area (Å²) in [6.45, 7) is 5.19. The third-order valence-electron chi connectivity index (χ3n) is 6.76. The number of carbonyl (C=O) groups is 1. The van der Waals surface area contributed by atoms with Crippen LogP contribution in [0.5, 0.6) is 5.75 Å². The number of para-hydroxylation sites is 1. The molecule has 6 heteroatoms. The van der Waals surface area contributed by atoms with Crippen LogP contribution in [-0.4, -0.2) is 38.8 Å². The van der Waals surface area contributed by atoms with E-state index in [1.54, 1.807) is 0 Å². The van der Waals surface area contributed by atoms with Crippen molar-refractivity contribution in [1.82, 2.24) is 14.7 Å². The second kappa shape index (κ2) is 7.78. The number of piperidine rings is 1. The standard InChI is InChI=1S/C26H29N3O3.H2/c1-17(2)24(30)18-8-10-19(11-9-18)25(31)29-14-12-26(13-15-29)21-16-28(3)27-23(21)20-6-4-5-7-22(20)32-26;/h4-11,16-17,24,30H,12-15H2,1-3H3;1H. The monoisotopic (exact) mass is 433 g/mol. The number of aliphatic hydroxyl groups excluding tert-OH is 1. The van der Waals surface area contributed by atoms with Crippen LogP contribution in [0.3, 0.4) is 0 Å². The fourth-order valence-electron chi connectivity index (χ4n) is 4.87. The first-order chi connectivity index (χ1) is 15.4. The zero-order valence-electron chi connectivity index (χ0n) is 18.8. The molecule has 1 fully saturated rings. The lowest BCUT2D eigenvalue weighted by molar-refractivity contribution is -0.00167. The van der Waals surface area contributed by atoms with Gasteiger partial charge in [0.2, 0.25) is 0 Å². The highest BCUT2D eigenvalue weighted by Gasteiger charge is 2.45. The molecule has 1 N–H and O–H groups in total. The normalized spacial score (nSPS) is 17.6. The number of aromatic nitrogens is 2. The maximum Gasteiger partial charge on any atom is 0.253 e. The van der Waals surface area contributed by atoms with E-state index in [1.165, 1.54) is 0 Å². The van der Waals surface area contributed by atoms with Crippen LogP contribution in [0.15, 0.2) is 54.7 Å². The number of aliphatic hydroxyl groups is 1. The summed E-state index contributed by atoms with van der Waals surface area (Å²) >= 11 is 0. The lowest BCUT2D eigenvalue weighted by atomic mass is 9.81. The van der Waals surface area contributed by atoms with Crippen LogP contribution < -0.4 is 4.74 Å². The van der Waals surface area contributed by atoms with Gasteiger partial charge in [-0.2, -0.15) is 5.10 Å². The summed E-state index contributed by atoms with van der Waals surface area (Å²) in [7, 11) is 1.94. The van der Waals surface area contributed by atoms with Gasteiger partial charge in [0.1, 0.15) is 17.0 Å². The van der Waals surface area contributed by atoms with Gasteiger partial charge in [0.05, 0.1) is 6.10 Å². The average molecular weight is 434 g/mol. The predicted octanol–water partition coefficient (Wildman–Crippen LogP) is 4.55. The van der Waals surface area contributed by atoms with Crippen molar-refractivity contribution in [2.75, 3.05) is 13.1 Å². The number of benzene rings is 2. The number of likely N-dealkylation sites (tertiary alicyclic amines) is 1. The molecule has 0 saturated carbocycles. The van der Waals surface area contributed by atoms with Gasteiger partial charge in [-0.05, 0) is 35.7 Å². The molecular formula is C26H31N3O3. The SMILES string of the molecule is CC(C)C(O)c1ccc(C(=O)N2CCC3(CC2)Oc2ccccc2-c2nn(C)cc23)cc1.[HH]. The highest BCUT2D eigenvalue weighted by molar-refractivity contribution is 5.94. The summed E-state index contributed by atoms with van der Waals surface area (Å²) in [5, 5.41) is 15.0. The molecule has 0 bridgehead atoms. The zero-order valence-corrected chi connectivity index (χ0v) is 18.8. The topological polar surface area (TPSA) is 67.6 Å². The highest BCUT2D eigenvalue weighted by Crippen LogP contribution is 2.48. The molecule has 32 heavy (non-hydrogen) atoms. The molecule has 1 unspecified atom stereocenters. The third kappa shape index (κ3) is 3.39. The Hall–Kier alpha value is -3.12. The van der Waals surface area contributed by atoms with Gasteiger partial charge in [0.25, 0.3) is 5.91 Å². The van der Waals surface area contributed by atoms with E-state index < -0.39 is 11.7 Å². The van der Waals surface area contributed by atoms with Gasteiger partial charge in [-0.3, -0.25) is 9.48 Å². The van der Waals surface area contributed by atoms with E-state index in [0.29, 0.717) is 18.7 Å². The Bertz CT molecular complexity index is 1150. The van der Waals surface area contributed by atoms with Crippen molar-refractivity contribution < 1.29 is 16.1 Å². The van der Waals surface area contributed by atoms with Gasteiger partial charge in [-0.25, -0.2) is 0 Å². The van der Waals surface area contributed by atoms with Crippen molar-refractivity contribution in [1.29, 1.82) is 0 Å². The van der Waals surface area contributed by atoms with Gasteiger partial charge in [0.15, 0.2) is 0 Å². The molecule has 0 aliphatic carbocycles. The Labute approximate surface area is 189 Å². The van der Waals surface area contributed by atoms with Gasteiger partial charge < -0.3 is 14.7 Å². The van der Waals surface area contributed by atoms with Crippen LogP contribution >= 0.6 is 0 Å². The second-order valence-electron chi connectivity index (χ2n) is 9.26. The molecule has 2 aliphatic heterocycles. The van der Waals surface area contributed by atoms with Crippen LogP contribution in [-0.2, 0) is 12.6 Å². The molecule has 3 heterocycles. The maximum atomic E-state index is 13.1. The smallest absolute Gasteiger partial charge is 0.253 e. The van der Waals surface area contributed by atoms with Crippen LogP contribution in [0.25, 0.3) is 11.3 Å². The van der Waals surface area contributed by atoms with Gasteiger partial charge in [-0.1, -0.05) is 38.1 Å². The number of fused-ring (bicyclic) bond motifs is 4. The molecule has 168 valence electrons. The molecule has 1 spiro atoms. The molecule has 1 aromatic heterocycles. The largest absolute Gasteiger partial charge is 0.482 e. The number of aryl methyl sites for hydroxylation is 1. The van der Waals surface area contributed by atoms with Crippen molar-refractivity contribution in [3.05, 3.63) is 71.4 Å². The second-order valence-corrected chi connectivity index (χ2v) is 9.26. The van der Waals surface area contributed by atoms with E-state index in [0.717, 1.165) is 41.0 Å². The summed E-state index contributed by atoms with van der Waals surface area (Å²) in [4.78, 5) is 15.0. The van der Waals surface area contributed by atoms with Gasteiger partial charge >= 0.3 is 0 Å². The molecule has 2 aromatic carbocycles. The zero-order chi connectivity index (χ0) is 22.5. The number of hydrogen-bond acceptors (Lipinski definition) is 4. The van der Waals surface area contributed by atoms with E-state index in [-0.39, 0.29) is 13.3 Å². The van der Waals surface area contributed by atoms with Crippen molar-refractivity contribution in [2.24, 2.45) is 13.0 Å². The number of nitrogens with zero attached hydrogens (tertiary/aromatic N) is 3. The first-order valence-electron chi connectivity index (χ1n) is 11.3. The number of amides is 1. The Balaban J connectivity index is 0.00000259. The first kappa shape index (κ1) is 20.8. The van der Waals surface area contributed by atoms with Crippen molar-refractivity contribution in [2.45, 2.75) is 38.4 Å². The van der Waals surface area contributed by atoms with E-state index >= 15 is 0 Å². The van der Waals surface area contributed by atoms with E-state index in [9.17, 15) is 9.90 Å². The van der Waals surface area contributed by atoms with E-state index in [1.807, 2.05) is 79.0 Å². The summed E-state index contributed by atoms with van der Waals surface area (Å²) in [5.41, 5.74) is 4.15. The molecule has 2 aliphatic rings. The lowest BCUT2D eigenvalue weighted by Gasteiger charge is -2.44. The molecular weight excluding hydrogens is 402 g/mol. The van der Waals surface area contributed by atoms with Crippen molar-refractivity contribution >= 4 is 5.91 Å². The first-order valence-corrected chi connectivity index (χ1v) is 11.3. The Morgan fingerprint density at radius 1 is 1.12 bits per heavy atom. The molecule has 5 rings (SSSR count). The van der Waals surface area contributed by atoms with Crippen molar-refractivity contribution in [3.8, 4) is 17.0 Å². The fourth-order valence-corrected chi connectivity index (χ4v) is 4.87. The molecule has 1 atom stereocenters. The van der Waals surface area contributed by atoms with Gasteiger partial charge in [-0.15, -0.1) is 0 Å². The maximum absolute atomic E-state index is 13.1. The minimum Gasteiger partial charge on any atom is -0.482 e. The molecule has 1 saturated heterocycles. The number of rotatable bonds is 3. The van der Waals surface area contributed by atoms with E-state index in [2.05, 4.69) is 6.20 Å². The molecule has 3 aromatic rings. The average Bonchev–Trinajstić information content (AvgIpc) is 3.22. The van der Waals surface area contributed by atoms with Gasteiger partial charge in [0, 0.05) is 57.3 Å². The van der Waals surface area contributed by atoms with Crippen LogP contribution in [0, 0.1) is 5.92 Å². The Kier molecular flexibility index (Phi) is 5.05. The quantitative estimate of drug-likeness (QED) is 0.658. The van der Waals surface area contributed by atoms with Crippen LogP contribution in [0.1, 0.15) is 55.7 Å².